The molecule has 0 unspecified atom stereocenters. The molecule has 1 fully saturated rings. The highest BCUT2D eigenvalue weighted by atomic mass is 35.5. The number of carbonyl (C=O) groups is 1. The Morgan fingerprint density at radius 1 is 1.28 bits per heavy atom. The van der Waals surface area contributed by atoms with Crippen LogP contribution in [-0.2, 0) is 11.3 Å². The van der Waals surface area contributed by atoms with Crippen molar-refractivity contribution >= 4 is 34.7 Å². The summed E-state index contributed by atoms with van der Waals surface area (Å²) >= 11 is 6.36. The van der Waals surface area contributed by atoms with Gasteiger partial charge in [0.2, 0.25) is 5.91 Å². The van der Waals surface area contributed by atoms with Crippen LogP contribution in [0.3, 0.4) is 0 Å². The Balaban J connectivity index is 1.62. The van der Waals surface area contributed by atoms with Gasteiger partial charge in [0.15, 0.2) is 0 Å². The topological polar surface area (TPSA) is 93.3 Å². The number of halogens is 1. The third-order valence-corrected chi connectivity index (χ3v) is 4.35. The summed E-state index contributed by atoms with van der Waals surface area (Å²) < 4.78 is 1.22. The molecule has 8 nitrogen and oxygen atoms in total. The highest BCUT2D eigenvalue weighted by Crippen LogP contribution is 2.30. The average molecular weight is 364 g/mol. The van der Waals surface area contributed by atoms with E-state index in [-0.39, 0.29) is 18.3 Å². The molecule has 1 aromatic heterocycles. The van der Waals surface area contributed by atoms with Gasteiger partial charge in [0.1, 0.15) is 6.54 Å². The van der Waals surface area contributed by atoms with Crippen LogP contribution in [0.5, 0.6) is 0 Å². The highest BCUT2D eigenvalue weighted by molar-refractivity contribution is 6.33. The number of amides is 1. The summed E-state index contributed by atoms with van der Waals surface area (Å²) in [4.78, 5) is 24.3. The minimum absolute atomic E-state index is 0.112. The third-order valence-electron chi connectivity index (χ3n) is 4.05. The fraction of sp³-hybridized carbons (Fsp3) is 0.375. The van der Waals surface area contributed by atoms with Gasteiger partial charge >= 0.3 is 5.82 Å². The maximum absolute atomic E-state index is 12.1. The van der Waals surface area contributed by atoms with Crippen LogP contribution in [0, 0.1) is 10.1 Å². The van der Waals surface area contributed by atoms with Crippen LogP contribution in [-0.4, -0.2) is 33.7 Å². The molecule has 0 aliphatic carbocycles. The minimum atomic E-state index is -0.604. The van der Waals surface area contributed by atoms with Crippen molar-refractivity contribution in [3.63, 3.8) is 0 Å². The van der Waals surface area contributed by atoms with E-state index in [2.05, 4.69) is 15.3 Å². The van der Waals surface area contributed by atoms with Crippen molar-refractivity contribution in [1.82, 2.24) is 9.78 Å². The Morgan fingerprint density at radius 2 is 2.04 bits per heavy atom. The number of carbonyl (C=O) groups excluding carboxylic acids is 1. The zero-order chi connectivity index (χ0) is 17.8. The molecule has 1 aliphatic heterocycles. The molecule has 1 N–H and O–H groups in total. The second-order valence-corrected chi connectivity index (χ2v) is 6.30. The number of anilines is 2. The van der Waals surface area contributed by atoms with Crippen molar-refractivity contribution in [2.75, 3.05) is 23.3 Å². The Labute approximate surface area is 149 Å². The van der Waals surface area contributed by atoms with E-state index in [4.69, 9.17) is 11.6 Å². The van der Waals surface area contributed by atoms with E-state index in [0.717, 1.165) is 31.6 Å². The quantitative estimate of drug-likeness (QED) is 0.650. The monoisotopic (exact) mass is 363 g/mol. The lowest BCUT2D eigenvalue weighted by atomic mass is 10.1. The van der Waals surface area contributed by atoms with Gasteiger partial charge < -0.3 is 20.3 Å². The highest BCUT2D eigenvalue weighted by Gasteiger charge is 2.16. The van der Waals surface area contributed by atoms with Gasteiger partial charge in [-0.2, -0.15) is 4.68 Å². The summed E-state index contributed by atoms with van der Waals surface area (Å²) in [6.45, 7) is 1.87. The summed E-state index contributed by atoms with van der Waals surface area (Å²) in [5.41, 5.74) is 1.56. The van der Waals surface area contributed by atoms with Gasteiger partial charge in [0.05, 0.1) is 28.1 Å². The molecule has 0 radical (unpaired) electrons. The standard InChI is InChI=1S/C16H18ClN5O3/c17-13-10-12(4-5-14(13)20-7-2-1-3-8-20)18-16(23)11-21-9-6-15(19-21)22(24)25/h4-6,9-10H,1-3,7-8,11H2,(H,18,23). The number of aromatic nitrogens is 2. The van der Waals surface area contributed by atoms with Gasteiger partial charge in [-0.1, -0.05) is 11.6 Å². The molecule has 2 heterocycles. The van der Waals surface area contributed by atoms with Crippen molar-refractivity contribution in [2.45, 2.75) is 25.8 Å². The molecule has 0 atom stereocenters. The van der Waals surface area contributed by atoms with Crippen LogP contribution in [0.2, 0.25) is 5.02 Å². The van der Waals surface area contributed by atoms with E-state index in [9.17, 15) is 14.9 Å². The van der Waals surface area contributed by atoms with Crippen molar-refractivity contribution < 1.29 is 9.72 Å². The van der Waals surface area contributed by atoms with Crippen LogP contribution in [0.15, 0.2) is 30.5 Å². The normalized spacial score (nSPS) is 14.4. The summed E-state index contributed by atoms with van der Waals surface area (Å²) in [5, 5.41) is 17.6. The van der Waals surface area contributed by atoms with E-state index < -0.39 is 4.92 Å². The Kier molecular flexibility index (Phi) is 5.18. The van der Waals surface area contributed by atoms with E-state index in [1.54, 1.807) is 12.1 Å². The average Bonchev–Trinajstić information content (AvgIpc) is 3.04. The van der Waals surface area contributed by atoms with Crippen molar-refractivity contribution in [3.05, 3.63) is 45.6 Å². The maximum atomic E-state index is 12.1. The predicted octanol–water partition coefficient (Wildman–Crippen LogP) is 3.07. The van der Waals surface area contributed by atoms with Gasteiger partial charge in [-0.15, -0.1) is 0 Å². The maximum Gasteiger partial charge on any atom is 0.389 e. The van der Waals surface area contributed by atoms with Crippen LogP contribution >= 0.6 is 11.6 Å². The smallest absolute Gasteiger partial charge is 0.370 e. The van der Waals surface area contributed by atoms with Gasteiger partial charge in [-0.3, -0.25) is 4.79 Å². The lowest BCUT2D eigenvalue weighted by molar-refractivity contribution is -0.389. The van der Waals surface area contributed by atoms with E-state index >= 15 is 0 Å². The Bertz CT molecular complexity index is 786. The second kappa shape index (κ2) is 7.52. The number of hydrogen-bond donors (Lipinski definition) is 1. The Hall–Kier alpha value is -2.61. The molecule has 9 heteroatoms. The van der Waals surface area contributed by atoms with Gasteiger partial charge in [-0.05, 0) is 42.4 Å². The summed E-state index contributed by atoms with van der Waals surface area (Å²) in [6, 6.07) is 6.67. The SMILES string of the molecule is O=C(Cn1ccc([N+](=O)[O-])n1)Nc1ccc(N2CCCCC2)c(Cl)c1. The summed E-state index contributed by atoms with van der Waals surface area (Å²) in [7, 11) is 0. The number of nitrogens with one attached hydrogen (secondary N) is 1. The predicted molar refractivity (Wildman–Crippen MR) is 95.0 cm³/mol. The number of rotatable bonds is 5. The molecule has 1 saturated heterocycles. The van der Waals surface area contributed by atoms with Crippen molar-refractivity contribution in [2.24, 2.45) is 0 Å². The third kappa shape index (κ3) is 4.27. The first-order valence-electron chi connectivity index (χ1n) is 8.05. The van der Waals surface area contributed by atoms with Crippen LogP contribution < -0.4 is 10.2 Å². The van der Waals surface area contributed by atoms with Gasteiger partial charge in [-0.25, -0.2) is 0 Å². The van der Waals surface area contributed by atoms with E-state index in [0.29, 0.717) is 10.7 Å². The first-order chi connectivity index (χ1) is 12.0. The van der Waals surface area contributed by atoms with E-state index in [1.807, 2.05) is 6.07 Å². The van der Waals surface area contributed by atoms with Gasteiger partial charge in [0, 0.05) is 18.8 Å². The number of piperidine rings is 1. The molecule has 1 amide bonds. The zero-order valence-electron chi connectivity index (χ0n) is 13.5. The number of benzene rings is 1. The fourth-order valence-electron chi connectivity index (χ4n) is 2.86. The molecule has 25 heavy (non-hydrogen) atoms. The fourth-order valence-corrected chi connectivity index (χ4v) is 3.16. The van der Waals surface area contributed by atoms with Crippen LogP contribution in [0.25, 0.3) is 0 Å². The first-order valence-corrected chi connectivity index (χ1v) is 8.43. The molecule has 2 aromatic rings. The molecule has 1 aliphatic rings. The minimum Gasteiger partial charge on any atom is -0.370 e. The van der Waals surface area contributed by atoms with Gasteiger partial charge in [0.25, 0.3) is 0 Å². The summed E-state index contributed by atoms with van der Waals surface area (Å²) in [6.07, 6.45) is 4.95. The second-order valence-electron chi connectivity index (χ2n) is 5.89. The zero-order valence-corrected chi connectivity index (χ0v) is 14.3. The van der Waals surface area contributed by atoms with Crippen molar-refractivity contribution in [1.29, 1.82) is 0 Å². The van der Waals surface area contributed by atoms with Crippen LogP contribution in [0.4, 0.5) is 17.2 Å². The summed E-state index contributed by atoms with van der Waals surface area (Å²) in [5.74, 6) is -0.624. The van der Waals surface area contributed by atoms with E-state index in [1.165, 1.54) is 23.4 Å². The first kappa shape index (κ1) is 17.2. The van der Waals surface area contributed by atoms with Crippen LogP contribution in [0.1, 0.15) is 19.3 Å². The molecule has 132 valence electrons. The molecule has 0 saturated carbocycles. The molecule has 0 spiro atoms. The molecule has 0 bridgehead atoms. The molecular weight excluding hydrogens is 346 g/mol. The molecule has 1 aromatic carbocycles. The molecule has 3 rings (SSSR count). The van der Waals surface area contributed by atoms with Crippen molar-refractivity contribution in [3.8, 4) is 0 Å². The number of nitrogens with zero attached hydrogens (tertiary/aromatic N) is 4. The largest absolute Gasteiger partial charge is 0.389 e. The lowest BCUT2D eigenvalue weighted by Gasteiger charge is -2.29. The molecular formula is C16H18ClN5O3. The number of nitro groups is 1. The lowest BCUT2D eigenvalue weighted by Crippen LogP contribution is -2.29. The Morgan fingerprint density at radius 3 is 2.68 bits per heavy atom. The number of hydrogen-bond acceptors (Lipinski definition) is 5.